The minimum absolute atomic E-state index is 0.0902. The quantitative estimate of drug-likeness (QED) is 0.188. The second kappa shape index (κ2) is 14.0. The Labute approximate surface area is 353 Å². The molecule has 10 atom stereocenters. The number of benzene rings is 2. The van der Waals surface area contributed by atoms with Gasteiger partial charge in [0.1, 0.15) is 11.2 Å². The molecule has 61 heavy (non-hydrogen) atoms. The number of alkyl halides is 2. The summed E-state index contributed by atoms with van der Waals surface area (Å²) >= 11 is 0. The Bertz CT molecular complexity index is 2430. The lowest BCUT2D eigenvalue weighted by atomic mass is 9.47. The molecule has 2 aromatic carbocycles. The molecule has 0 amide bonds. The molecule has 6 aliphatic rings. The highest BCUT2D eigenvalue weighted by Gasteiger charge is 2.80. The van der Waals surface area contributed by atoms with Crippen LogP contribution in [-0.4, -0.2) is 122 Å². The maximum absolute atomic E-state index is 15.4. The lowest BCUT2D eigenvalue weighted by Crippen LogP contribution is -2.81. The fourth-order valence-corrected chi connectivity index (χ4v) is 13.4. The van der Waals surface area contributed by atoms with Crippen LogP contribution in [0.4, 0.5) is 14.5 Å². The molecule has 324 valence electrons. The molecular formula is C46H53F2N5O8. The molecular weight excluding hydrogens is 789 g/mol. The van der Waals surface area contributed by atoms with E-state index in [0.717, 1.165) is 12.5 Å². The van der Waals surface area contributed by atoms with Gasteiger partial charge in [-0.3, -0.25) is 19.4 Å². The topological polar surface area (TPSA) is 158 Å². The Morgan fingerprint density at radius 3 is 2.48 bits per heavy atom. The van der Waals surface area contributed by atoms with Gasteiger partial charge >= 0.3 is 17.9 Å². The van der Waals surface area contributed by atoms with Gasteiger partial charge in [-0.25, -0.2) is 13.6 Å². The Kier molecular flexibility index (Phi) is 9.47. The smallest absolute Gasteiger partial charge is 0.344 e. The highest BCUT2D eigenvalue weighted by atomic mass is 19.3. The van der Waals surface area contributed by atoms with Crippen molar-refractivity contribution in [2.24, 2.45) is 17.3 Å². The number of hydrogen-bond donors (Lipinski definition) is 2. The van der Waals surface area contributed by atoms with Gasteiger partial charge in [0.05, 0.1) is 39.0 Å². The van der Waals surface area contributed by atoms with Crippen molar-refractivity contribution in [2.45, 2.75) is 93.5 Å². The summed E-state index contributed by atoms with van der Waals surface area (Å²) in [5.41, 5.74) is -1.92. The average molecular weight is 842 g/mol. The number of H-pyrrole nitrogens is 1. The zero-order valence-corrected chi connectivity index (χ0v) is 35.6. The number of halogens is 2. The van der Waals surface area contributed by atoms with E-state index < -0.39 is 69.8 Å². The van der Waals surface area contributed by atoms with Gasteiger partial charge in [-0.1, -0.05) is 19.1 Å². The van der Waals surface area contributed by atoms with Crippen molar-refractivity contribution in [3.05, 3.63) is 70.4 Å². The number of carbonyl (C=O) groups is 3. The van der Waals surface area contributed by atoms with Crippen molar-refractivity contribution in [1.82, 2.24) is 14.8 Å². The van der Waals surface area contributed by atoms with E-state index in [1.165, 1.54) is 28.3 Å². The van der Waals surface area contributed by atoms with E-state index in [1.54, 1.807) is 25.2 Å². The molecule has 2 unspecified atom stereocenters. The predicted octanol–water partition coefficient (Wildman–Crippen LogP) is 4.95. The fourth-order valence-electron chi connectivity index (χ4n) is 13.4. The molecule has 2 N–H and O–H groups in total. The first-order chi connectivity index (χ1) is 29.0. The molecule has 13 nitrogen and oxygen atoms in total. The van der Waals surface area contributed by atoms with Crippen LogP contribution in [0.15, 0.2) is 42.5 Å². The maximum Gasteiger partial charge on any atom is 0.344 e. The van der Waals surface area contributed by atoms with E-state index in [-0.39, 0.29) is 31.8 Å². The van der Waals surface area contributed by atoms with Gasteiger partial charge in [0.2, 0.25) is 11.5 Å². The molecule has 2 bridgehead atoms. The van der Waals surface area contributed by atoms with Crippen LogP contribution < -0.4 is 9.64 Å². The van der Waals surface area contributed by atoms with E-state index in [2.05, 4.69) is 16.0 Å². The summed E-state index contributed by atoms with van der Waals surface area (Å²) in [5, 5.41) is 24.0. The first kappa shape index (κ1) is 41.3. The standard InChI is InChI=1S/C46H53F2N5O8/c1-8-43-12-9-14-53-15-13-44(37(43)53)31-18-32(35(58-5)19-34(31)51(4)38(44)46(57,41(56)60-7)39(43)61-25(2)54)45(40(55)59-6)20-27-16-28(42(3,47)48)23-52(22-27)24-30-29-17-26(21-49)10-11-33(29)50-36(30)45/h9-12,17-19,27-28,37-39,50,57H,8,13-16,20,22-24H2,1-7H3/t27-,28?,37+,38-,39-,43-,44-,45+,46+/m1/s1. The van der Waals surface area contributed by atoms with Crippen LogP contribution in [0.1, 0.15) is 74.4 Å². The van der Waals surface area contributed by atoms with Crippen molar-refractivity contribution < 1.29 is 47.2 Å². The third-order valence-electron chi connectivity index (χ3n) is 15.5. The highest BCUT2D eigenvalue weighted by Crippen LogP contribution is 2.68. The zero-order valence-electron chi connectivity index (χ0n) is 35.6. The number of anilines is 1. The predicted molar refractivity (Wildman–Crippen MR) is 219 cm³/mol. The number of aliphatic hydroxyl groups is 1. The van der Waals surface area contributed by atoms with Crippen LogP contribution in [0.25, 0.3) is 10.9 Å². The zero-order chi connectivity index (χ0) is 43.6. The van der Waals surface area contributed by atoms with Crippen molar-refractivity contribution in [2.75, 3.05) is 59.5 Å². The second-order valence-corrected chi connectivity index (χ2v) is 18.3. The molecule has 1 saturated carbocycles. The number of aromatic amines is 1. The largest absolute Gasteiger partial charge is 0.496 e. The van der Waals surface area contributed by atoms with Crippen molar-refractivity contribution >= 4 is 34.5 Å². The summed E-state index contributed by atoms with van der Waals surface area (Å²) in [6, 6.07) is 9.89. The Hall–Kier alpha value is -5.04. The number of hydrogen-bond acceptors (Lipinski definition) is 12. The molecule has 1 spiro atoms. The van der Waals surface area contributed by atoms with Crippen LogP contribution in [0, 0.1) is 28.6 Å². The molecule has 5 aliphatic heterocycles. The number of nitrogens with one attached hydrogen (secondary N) is 1. The number of likely N-dealkylation sites (N-methyl/N-ethyl adjacent to an activating group) is 1. The van der Waals surface area contributed by atoms with E-state index in [9.17, 15) is 20.0 Å². The lowest BCUT2D eigenvalue weighted by molar-refractivity contribution is -0.228. The molecule has 1 aliphatic carbocycles. The number of nitrogens with zero attached hydrogens (tertiary/aromatic N) is 4. The van der Waals surface area contributed by atoms with Crippen LogP contribution in [-0.2, 0) is 46.0 Å². The van der Waals surface area contributed by atoms with E-state index in [0.29, 0.717) is 77.2 Å². The van der Waals surface area contributed by atoms with Crippen LogP contribution in [0.2, 0.25) is 0 Å². The minimum Gasteiger partial charge on any atom is -0.496 e. The van der Waals surface area contributed by atoms with Crippen LogP contribution in [0.5, 0.6) is 5.75 Å². The van der Waals surface area contributed by atoms with Gasteiger partial charge in [0.15, 0.2) is 6.10 Å². The number of esters is 3. The Morgan fingerprint density at radius 1 is 1.07 bits per heavy atom. The van der Waals surface area contributed by atoms with E-state index >= 15 is 13.6 Å². The minimum atomic E-state index is -2.99. The molecule has 1 aromatic heterocycles. The monoisotopic (exact) mass is 841 g/mol. The summed E-state index contributed by atoms with van der Waals surface area (Å²) in [6.07, 6.45) is 3.82. The molecule has 2 saturated heterocycles. The molecule has 3 fully saturated rings. The lowest BCUT2D eigenvalue weighted by Gasteiger charge is -2.63. The third kappa shape index (κ3) is 5.40. The number of ether oxygens (including phenoxy) is 4. The SMILES string of the molecule is CC[C@]12C=CCN3CC[C@@]4(c5cc([C@@]6(C(=O)OC)C[C@H]7CC(C(C)(F)F)CN(Cc8c6[nH]c6ccc(C#N)cc86)C7)c(OC)cc5N(C)[C@H]4[C@@](O)(C(=O)OC)[C@@H]1OC(C)=O)[C@@H]32. The second-order valence-electron chi connectivity index (χ2n) is 18.3. The normalized spacial score (nSPS) is 34.9. The maximum atomic E-state index is 15.4. The first-order valence-electron chi connectivity index (χ1n) is 21.1. The summed E-state index contributed by atoms with van der Waals surface area (Å²) in [6.45, 7) is 6.21. The fraction of sp³-hybridized carbons (Fsp3) is 0.565. The number of piperidine rings is 1. The van der Waals surface area contributed by atoms with Crippen molar-refractivity contribution in [3.63, 3.8) is 0 Å². The van der Waals surface area contributed by atoms with Crippen LogP contribution in [0.3, 0.4) is 0 Å². The molecule has 0 radical (unpaired) electrons. The number of fused-ring (bicyclic) bond motifs is 6. The van der Waals surface area contributed by atoms with Gasteiger partial charge in [-0.2, -0.15) is 5.26 Å². The summed E-state index contributed by atoms with van der Waals surface area (Å²) in [7, 11) is 5.84. The number of methoxy groups -OCH3 is 3. The summed E-state index contributed by atoms with van der Waals surface area (Å²) in [4.78, 5) is 52.4. The van der Waals surface area contributed by atoms with E-state index in [1.807, 2.05) is 41.0 Å². The van der Waals surface area contributed by atoms with Crippen molar-refractivity contribution in [1.29, 1.82) is 5.26 Å². The number of aromatic nitrogens is 1. The van der Waals surface area contributed by atoms with Gasteiger partial charge in [-0.05, 0) is 80.5 Å². The van der Waals surface area contributed by atoms with Gasteiger partial charge < -0.3 is 33.9 Å². The number of nitriles is 1. The third-order valence-corrected chi connectivity index (χ3v) is 15.5. The number of carbonyl (C=O) groups excluding carboxylic acids is 3. The molecule has 15 heteroatoms. The first-order valence-corrected chi connectivity index (χ1v) is 21.1. The van der Waals surface area contributed by atoms with Gasteiger partial charge in [-0.15, -0.1) is 0 Å². The average Bonchev–Trinajstić information content (AvgIpc) is 3.89. The van der Waals surface area contributed by atoms with Gasteiger partial charge in [0, 0.05) is 96.9 Å². The van der Waals surface area contributed by atoms with Gasteiger partial charge in [0.25, 0.3) is 0 Å². The molecule has 9 rings (SSSR count). The van der Waals surface area contributed by atoms with Crippen LogP contribution >= 0.6 is 0 Å². The molecule has 6 heterocycles. The Balaban J connectivity index is 1.36. The van der Waals surface area contributed by atoms with E-state index in [4.69, 9.17) is 18.9 Å². The number of rotatable bonds is 7. The highest BCUT2D eigenvalue weighted by molar-refractivity contribution is 5.95. The summed E-state index contributed by atoms with van der Waals surface area (Å²) in [5.74, 6) is -6.23. The van der Waals surface area contributed by atoms with Crippen molar-refractivity contribution in [3.8, 4) is 11.8 Å². The summed E-state index contributed by atoms with van der Waals surface area (Å²) < 4.78 is 54.4. The Morgan fingerprint density at radius 2 is 1.82 bits per heavy atom. The molecule has 3 aromatic rings.